The molecule has 0 saturated carbocycles. The minimum Gasteiger partial charge on any atom is -0.504 e. The molecule has 1 nitrogen and oxygen atoms in total. The predicted octanol–water partition coefficient (Wildman–Crippen LogP) is 0.740. The molecule has 0 aliphatic heterocycles. The topological polar surface area (TPSA) is 9.23 Å². The van der Waals surface area contributed by atoms with Crippen LogP contribution in [0.4, 0.5) is 0 Å². The van der Waals surface area contributed by atoms with Gasteiger partial charge in [0.2, 0.25) is 0 Å². The zero-order valence-corrected chi connectivity index (χ0v) is 7.40. The maximum Gasteiger partial charge on any atom is 0.410 e. The Morgan fingerprint density at radius 2 is 1.86 bits per heavy atom. The molecule has 42 valence electrons. The lowest BCUT2D eigenvalue weighted by Gasteiger charge is -2.09. The molecule has 0 aromatic carbocycles. The molecule has 0 rings (SSSR count). The minimum absolute atomic E-state index is 0.548. The summed E-state index contributed by atoms with van der Waals surface area (Å²) in [6.45, 7) is 4.32. The molecule has 0 aliphatic rings. The summed E-state index contributed by atoms with van der Waals surface area (Å²) in [5.41, 5.74) is 0. The van der Waals surface area contributed by atoms with E-state index in [2.05, 4.69) is 13.8 Å². The molecule has 0 spiro atoms. The van der Waals surface area contributed by atoms with Gasteiger partial charge in [-0.25, -0.2) is 0 Å². The van der Waals surface area contributed by atoms with Gasteiger partial charge in [0.25, 0.3) is 0 Å². The highest BCUT2D eigenvalue weighted by Gasteiger charge is 1.94. The van der Waals surface area contributed by atoms with Crippen molar-refractivity contribution in [3.63, 3.8) is 0 Å². The van der Waals surface area contributed by atoms with Crippen LogP contribution in [0, 0.1) is 0 Å². The maximum atomic E-state index is 5.19. The molecule has 0 saturated heterocycles. The molecule has 0 radical (unpaired) electrons. The zero-order chi connectivity index (χ0) is 5.70. The first kappa shape index (κ1) is 7.49. The molecule has 0 aromatic rings. The predicted molar refractivity (Wildman–Crippen MR) is 34.0 cm³/mol. The van der Waals surface area contributed by atoms with Gasteiger partial charge in [0, 0.05) is 6.10 Å². The third-order valence-corrected chi connectivity index (χ3v) is 1.91. The van der Waals surface area contributed by atoms with E-state index in [1.807, 2.05) is 0 Å². The van der Waals surface area contributed by atoms with Crippen molar-refractivity contribution in [1.82, 2.24) is 0 Å². The summed E-state index contributed by atoms with van der Waals surface area (Å²) < 4.78 is 5.19. The minimum atomic E-state index is 0.548. The van der Waals surface area contributed by atoms with Gasteiger partial charge in [-0.3, -0.25) is 0 Å². The Labute approximate surface area is 53.8 Å². The Kier molecular flexibility index (Phi) is 4.97. The van der Waals surface area contributed by atoms with Crippen LogP contribution in [-0.4, -0.2) is 22.7 Å². The van der Waals surface area contributed by atoms with Crippen LogP contribution in [0.25, 0.3) is 0 Å². The third kappa shape index (κ3) is 3.11. The standard InChI is InChI=1S/C5H11O.Al.2H/c1-3-5(6)4-2;;;/h5H,3-4H2,1-2H3;;;/q-1;+1;;. The maximum absolute atomic E-state index is 5.19. The summed E-state index contributed by atoms with van der Waals surface area (Å²) in [5.74, 6) is 0. The summed E-state index contributed by atoms with van der Waals surface area (Å²) in [7, 11) is 0. The average Bonchev–Trinajstić information content (AvgIpc) is 1.72. The summed E-state index contributed by atoms with van der Waals surface area (Å²) in [4.78, 5) is 0. The van der Waals surface area contributed by atoms with E-state index in [0.717, 1.165) is 16.6 Å². The summed E-state index contributed by atoms with van der Waals surface area (Å²) in [6.07, 6.45) is 2.88. The van der Waals surface area contributed by atoms with Gasteiger partial charge in [-0.05, 0) is 12.8 Å². The van der Waals surface area contributed by atoms with Gasteiger partial charge in [-0.2, -0.15) is 0 Å². The second-order valence-electron chi connectivity index (χ2n) is 1.67. The van der Waals surface area contributed by atoms with Crippen LogP contribution in [0.2, 0.25) is 0 Å². The van der Waals surface area contributed by atoms with Crippen LogP contribution in [0.15, 0.2) is 0 Å². The van der Waals surface area contributed by atoms with Gasteiger partial charge >= 0.3 is 16.6 Å². The molecule has 0 amide bonds. The largest absolute Gasteiger partial charge is 0.504 e. The van der Waals surface area contributed by atoms with E-state index in [1.54, 1.807) is 0 Å². The first-order valence-corrected chi connectivity index (χ1v) is 3.69. The highest BCUT2D eigenvalue weighted by molar-refractivity contribution is 5.98. The molecule has 0 fully saturated rings. The van der Waals surface area contributed by atoms with Crippen molar-refractivity contribution in [3.8, 4) is 0 Å². The lowest BCUT2D eigenvalue weighted by atomic mass is 10.2. The first-order chi connectivity index (χ1) is 3.35. The number of hydrogen-bond donors (Lipinski definition) is 0. The van der Waals surface area contributed by atoms with Crippen molar-refractivity contribution >= 4 is 16.6 Å². The van der Waals surface area contributed by atoms with E-state index >= 15 is 0 Å². The lowest BCUT2D eigenvalue weighted by Crippen LogP contribution is -2.06. The van der Waals surface area contributed by atoms with E-state index in [0.29, 0.717) is 6.10 Å². The van der Waals surface area contributed by atoms with Crippen molar-refractivity contribution < 1.29 is 3.79 Å². The molecule has 0 aliphatic carbocycles. The molecule has 2 heteroatoms. The Morgan fingerprint density at radius 1 is 1.43 bits per heavy atom. The fourth-order valence-corrected chi connectivity index (χ4v) is 1.29. The van der Waals surface area contributed by atoms with Crippen LogP contribution >= 0.6 is 0 Å². The molecular weight excluding hydrogens is 103 g/mol. The van der Waals surface area contributed by atoms with Gasteiger partial charge in [-0.15, -0.1) is 0 Å². The van der Waals surface area contributed by atoms with Gasteiger partial charge in [0.15, 0.2) is 0 Å². The second kappa shape index (κ2) is 4.65. The number of hydrogen-bond acceptors (Lipinski definition) is 1. The van der Waals surface area contributed by atoms with E-state index in [-0.39, 0.29) is 0 Å². The van der Waals surface area contributed by atoms with Gasteiger partial charge in [-0.1, -0.05) is 13.8 Å². The number of rotatable bonds is 3. The van der Waals surface area contributed by atoms with Gasteiger partial charge in [0.1, 0.15) is 0 Å². The van der Waals surface area contributed by atoms with E-state index in [9.17, 15) is 0 Å². The molecule has 0 N–H and O–H groups in total. The Balaban J connectivity index is 2.99. The second-order valence-corrected chi connectivity index (χ2v) is 2.15. The fourth-order valence-electron chi connectivity index (χ4n) is 0.622. The monoisotopic (exact) mass is 116 g/mol. The van der Waals surface area contributed by atoms with Crippen molar-refractivity contribution in [2.45, 2.75) is 32.8 Å². The Hall–Kier alpha value is 0.492. The van der Waals surface area contributed by atoms with E-state index in [1.165, 1.54) is 12.8 Å². The van der Waals surface area contributed by atoms with E-state index < -0.39 is 0 Å². The van der Waals surface area contributed by atoms with Crippen LogP contribution in [0.1, 0.15) is 26.7 Å². The molecule has 0 unspecified atom stereocenters. The van der Waals surface area contributed by atoms with Crippen LogP contribution in [-0.2, 0) is 3.79 Å². The molecular formula is C5H13AlO. The summed E-state index contributed by atoms with van der Waals surface area (Å²) in [6, 6.07) is 0. The summed E-state index contributed by atoms with van der Waals surface area (Å²) >= 11 is 0.892. The molecule has 0 aromatic heterocycles. The van der Waals surface area contributed by atoms with Crippen molar-refractivity contribution in [2.75, 3.05) is 0 Å². The van der Waals surface area contributed by atoms with Gasteiger partial charge < -0.3 is 3.79 Å². The zero-order valence-electron chi connectivity index (χ0n) is 5.40. The summed E-state index contributed by atoms with van der Waals surface area (Å²) in [5, 5.41) is 0. The van der Waals surface area contributed by atoms with Crippen molar-refractivity contribution in [1.29, 1.82) is 0 Å². The Bertz CT molecular complexity index is 29.6. The van der Waals surface area contributed by atoms with Crippen LogP contribution in [0.3, 0.4) is 0 Å². The fraction of sp³-hybridized carbons (Fsp3) is 1.00. The third-order valence-electron chi connectivity index (χ3n) is 1.24. The van der Waals surface area contributed by atoms with Crippen molar-refractivity contribution in [3.05, 3.63) is 0 Å². The highest BCUT2D eigenvalue weighted by Crippen LogP contribution is 1.98. The smallest absolute Gasteiger partial charge is 0.410 e. The normalized spacial score (nSPS) is 10.1. The first-order valence-electron chi connectivity index (χ1n) is 2.87. The van der Waals surface area contributed by atoms with Crippen LogP contribution in [0.5, 0.6) is 0 Å². The average molecular weight is 116 g/mol. The SMILES string of the molecule is CCC(CC)[O][AlH2]. The highest BCUT2D eigenvalue weighted by atomic mass is 27.1. The van der Waals surface area contributed by atoms with E-state index in [4.69, 9.17) is 3.79 Å². The quantitative estimate of drug-likeness (QED) is 0.494. The van der Waals surface area contributed by atoms with Gasteiger partial charge in [0.05, 0.1) is 0 Å². The molecule has 0 atom stereocenters. The molecule has 7 heavy (non-hydrogen) atoms. The lowest BCUT2D eigenvalue weighted by molar-refractivity contribution is 0.212. The van der Waals surface area contributed by atoms with Crippen LogP contribution < -0.4 is 0 Å². The molecule has 0 heterocycles. The van der Waals surface area contributed by atoms with Crippen molar-refractivity contribution in [2.24, 2.45) is 0 Å². The molecule has 0 bridgehead atoms. The Morgan fingerprint density at radius 3 is 1.86 bits per heavy atom.